The lowest BCUT2D eigenvalue weighted by Gasteiger charge is -2.49. The van der Waals surface area contributed by atoms with Gasteiger partial charge in [0.2, 0.25) is 6.29 Å². The number of nitrogens with zero attached hydrogens (tertiary/aromatic N) is 4. The van der Waals surface area contributed by atoms with Crippen molar-refractivity contribution in [2.24, 2.45) is 18.9 Å². The average Bonchev–Trinajstić information content (AvgIpc) is 3.54. The van der Waals surface area contributed by atoms with Gasteiger partial charge in [-0.25, -0.2) is 4.68 Å². The summed E-state index contributed by atoms with van der Waals surface area (Å²) in [6.07, 6.45) is 6.97. The smallest absolute Gasteiger partial charge is 0.289 e. The largest absolute Gasteiger partial charge is 0.493 e. The zero-order valence-electron chi connectivity index (χ0n) is 37.9. The second-order valence-electron chi connectivity index (χ2n) is 17.4. The molecule has 0 aliphatic carbocycles. The van der Waals surface area contributed by atoms with Crippen molar-refractivity contribution in [3.63, 3.8) is 0 Å². The fourth-order valence-electron chi connectivity index (χ4n) is 10.8. The van der Waals surface area contributed by atoms with Gasteiger partial charge in [0.05, 0.1) is 46.8 Å². The number of benzene rings is 3. The number of amides is 1. The van der Waals surface area contributed by atoms with Crippen LogP contribution in [0, 0.1) is 18.8 Å². The number of fused-ring (bicyclic) bond motifs is 4. The van der Waals surface area contributed by atoms with Crippen LogP contribution in [-0.4, -0.2) is 97.8 Å². The zero-order chi connectivity index (χ0) is 44.4. The second kappa shape index (κ2) is 19.2. The summed E-state index contributed by atoms with van der Waals surface area (Å²) in [6, 6.07) is 18.0. The molecule has 8 rings (SSSR count). The number of rotatable bonds is 15. The number of hydrogen-bond acceptors (Lipinski definition) is 10. The number of para-hydroxylation sites is 1. The Balaban J connectivity index is 1.17. The average molecular weight is 865 g/mol. The Kier molecular flexibility index (Phi) is 13.6. The highest BCUT2D eigenvalue weighted by molar-refractivity contribution is 5.92. The van der Waals surface area contributed by atoms with Crippen LogP contribution >= 0.6 is 0 Å². The highest BCUT2D eigenvalue weighted by Crippen LogP contribution is 2.50. The highest BCUT2D eigenvalue weighted by Gasteiger charge is 2.44. The lowest BCUT2D eigenvalue weighted by atomic mass is 9.72. The SMILES string of the molecule is CCC1CN2CCc3cc(OC)c(OC)cc3C2CC1CC1c2cc(OC)c(OC)cc2CCN1C(=O)C1=CC(c2c(C)n(C)n(-c3ccccc3)c2=O)CC(OCCCCO)O1. The molecule has 13 heteroatoms. The van der Waals surface area contributed by atoms with Gasteiger partial charge in [0.1, 0.15) is 0 Å². The first-order valence-corrected chi connectivity index (χ1v) is 22.6. The third-order valence-corrected chi connectivity index (χ3v) is 14.2. The van der Waals surface area contributed by atoms with Crippen molar-refractivity contribution >= 4 is 5.91 Å². The molecule has 0 bridgehead atoms. The molecule has 4 aliphatic heterocycles. The van der Waals surface area contributed by atoms with Crippen LogP contribution < -0.4 is 24.5 Å². The maximum absolute atomic E-state index is 15.4. The maximum Gasteiger partial charge on any atom is 0.289 e. The summed E-state index contributed by atoms with van der Waals surface area (Å²) in [7, 11) is 8.57. The van der Waals surface area contributed by atoms with E-state index in [0.29, 0.717) is 61.8 Å². The minimum absolute atomic E-state index is 0.0615. The lowest BCUT2D eigenvalue weighted by molar-refractivity contribution is -0.155. The molecular weight excluding hydrogens is 801 g/mol. The van der Waals surface area contributed by atoms with E-state index in [2.05, 4.69) is 36.1 Å². The molecule has 13 nitrogen and oxygen atoms in total. The van der Waals surface area contributed by atoms with Crippen LogP contribution in [0.2, 0.25) is 0 Å². The monoisotopic (exact) mass is 864 g/mol. The number of unbranched alkanes of at least 4 members (excludes halogenated alkanes) is 1. The Labute approximate surface area is 371 Å². The molecule has 4 aromatic rings. The van der Waals surface area contributed by atoms with Crippen molar-refractivity contribution < 1.29 is 38.3 Å². The van der Waals surface area contributed by atoms with E-state index in [-0.39, 0.29) is 41.8 Å². The number of aromatic nitrogens is 2. The molecule has 1 saturated heterocycles. The van der Waals surface area contributed by atoms with Crippen molar-refractivity contribution in [2.75, 3.05) is 61.3 Å². The van der Waals surface area contributed by atoms with Gasteiger partial charge in [-0.1, -0.05) is 31.5 Å². The first-order chi connectivity index (χ1) is 30.6. The molecule has 1 amide bonds. The van der Waals surface area contributed by atoms with Gasteiger partial charge >= 0.3 is 0 Å². The number of piperidine rings is 1. The minimum atomic E-state index is -0.766. The minimum Gasteiger partial charge on any atom is -0.493 e. The molecule has 1 aromatic heterocycles. The molecule has 6 unspecified atom stereocenters. The third-order valence-electron chi connectivity index (χ3n) is 14.2. The Bertz CT molecular complexity index is 2360. The summed E-state index contributed by atoms with van der Waals surface area (Å²) in [4.78, 5) is 34.4. The fourth-order valence-corrected chi connectivity index (χ4v) is 10.8. The topological polar surface area (TPSA) is 126 Å². The Morgan fingerprint density at radius 1 is 0.841 bits per heavy atom. The number of aliphatic hydroxyl groups excluding tert-OH is 1. The van der Waals surface area contributed by atoms with Gasteiger partial charge in [-0.3, -0.25) is 19.2 Å². The number of allylic oxidation sites excluding steroid dienone is 1. The predicted molar refractivity (Wildman–Crippen MR) is 240 cm³/mol. The standard InChI is InChI=1S/C50H64N4O9/c1-8-32-30-52-18-16-33-24-42(58-4)44(60-6)28-38(33)40(52)22-35(32)23-41-39-29-45(61-7)43(59-5)25-34(39)17-19-53(41)49(56)46-26-36(27-47(63-46)62-21-13-12-20-55)48-31(2)51(3)54(50(48)57)37-14-10-9-11-15-37/h9-11,14-15,24-26,28-29,32,35-36,40-41,47,55H,8,12-13,16-23,27,30H2,1-7H3. The number of carbonyl (C=O) groups is 1. The van der Waals surface area contributed by atoms with Gasteiger partial charge in [0, 0.05) is 62.9 Å². The fraction of sp³-hybridized carbons (Fsp3) is 0.520. The van der Waals surface area contributed by atoms with Crippen LogP contribution in [0.15, 0.2) is 71.2 Å². The molecule has 1 fully saturated rings. The molecule has 3 aromatic carbocycles. The Morgan fingerprint density at radius 2 is 1.49 bits per heavy atom. The molecule has 1 N–H and O–H groups in total. The van der Waals surface area contributed by atoms with Crippen LogP contribution in [0.3, 0.4) is 0 Å². The number of carbonyl (C=O) groups excluding carboxylic acids is 1. The van der Waals surface area contributed by atoms with E-state index in [1.807, 2.05) is 60.0 Å². The molecular formula is C50H64N4O9. The maximum atomic E-state index is 15.4. The zero-order valence-corrected chi connectivity index (χ0v) is 37.9. The van der Waals surface area contributed by atoms with Crippen LogP contribution in [0.1, 0.15) is 97.0 Å². The van der Waals surface area contributed by atoms with Gasteiger partial charge in [0.25, 0.3) is 11.5 Å². The van der Waals surface area contributed by atoms with E-state index in [9.17, 15) is 9.90 Å². The first kappa shape index (κ1) is 44.4. The van der Waals surface area contributed by atoms with Crippen molar-refractivity contribution in [3.8, 4) is 28.7 Å². The number of ether oxygens (including phenoxy) is 6. The predicted octanol–water partition coefficient (Wildman–Crippen LogP) is 7.18. The van der Waals surface area contributed by atoms with Gasteiger partial charge in [0.15, 0.2) is 28.8 Å². The van der Waals surface area contributed by atoms with Crippen molar-refractivity contribution in [1.82, 2.24) is 19.2 Å². The summed E-state index contributed by atoms with van der Waals surface area (Å²) in [5.74, 6) is 3.01. The van der Waals surface area contributed by atoms with E-state index >= 15 is 4.79 Å². The van der Waals surface area contributed by atoms with E-state index < -0.39 is 12.2 Å². The normalized spacial score (nSPS) is 23.2. The molecule has 0 radical (unpaired) electrons. The van der Waals surface area contributed by atoms with Crippen molar-refractivity contribution in [3.05, 3.63) is 110 Å². The van der Waals surface area contributed by atoms with E-state index in [1.165, 1.54) is 11.1 Å². The summed E-state index contributed by atoms with van der Waals surface area (Å²) in [6.45, 7) is 7.08. The third kappa shape index (κ3) is 8.59. The van der Waals surface area contributed by atoms with Gasteiger partial charge < -0.3 is 38.4 Å². The molecule has 0 saturated carbocycles. The number of aliphatic hydroxyl groups is 1. The van der Waals surface area contributed by atoms with Crippen LogP contribution in [-0.2, 0) is 34.2 Å². The van der Waals surface area contributed by atoms with Gasteiger partial charge in [-0.2, -0.15) is 0 Å². The summed E-state index contributed by atoms with van der Waals surface area (Å²) >= 11 is 0. The van der Waals surface area contributed by atoms with E-state index in [1.54, 1.807) is 33.1 Å². The van der Waals surface area contributed by atoms with Gasteiger partial charge in [-0.15, -0.1) is 0 Å². The molecule has 0 spiro atoms. The quantitative estimate of drug-likeness (QED) is 0.123. The van der Waals surface area contributed by atoms with Crippen LogP contribution in [0.25, 0.3) is 5.69 Å². The van der Waals surface area contributed by atoms with Crippen LogP contribution in [0.4, 0.5) is 0 Å². The van der Waals surface area contributed by atoms with Crippen LogP contribution in [0.5, 0.6) is 23.0 Å². The lowest BCUT2D eigenvalue weighted by Crippen LogP contribution is -2.48. The first-order valence-electron chi connectivity index (χ1n) is 22.6. The molecule has 4 aliphatic rings. The molecule has 5 heterocycles. The summed E-state index contributed by atoms with van der Waals surface area (Å²) in [5.41, 5.74) is 6.81. The Morgan fingerprint density at radius 3 is 2.16 bits per heavy atom. The molecule has 338 valence electrons. The summed E-state index contributed by atoms with van der Waals surface area (Å²) in [5, 5.41) is 9.47. The van der Waals surface area contributed by atoms with Crippen molar-refractivity contribution in [1.29, 1.82) is 0 Å². The number of hydrogen-bond donors (Lipinski definition) is 1. The molecule has 6 atom stereocenters. The molecule has 63 heavy (non-hydrogen) atoms. The van der Waals surface area contributed by atoms with E-state index in [0.717, 1.165) is 72.8 Å². The van der Waals surface area contributed by atoms with E-state index in [4.69, 9.17) is 28.4 Å². The highest BCUT2D eigenvalue weighted by atomic mass is 16.7. The Hall–Kier alpha value is -5.24. The van der Waals surface area contributed by atoms with Gasteiger partial charge in [-0.05, 0) is 122 Å². The summed E-state index contributed by atoms with van der Waals surface area (Å²) < 4.78 is 39.5. The van der Waals surface area contributed by atoms with Crippen molar-refractivity contribution in [2.45, 2.75) is 89.5 Å². The number of methoxy groups -OCH3 is 4. The second-order valence-corrected chi connectivity index (χ2v) is 17.4.